The van der Waals surface area contributed by atoms with Gasteiger partial charge in [-0.25, -0.2) is 11.0 Å². The average Bonchev–Trinajstić information content (AvgIpc) is 3.17. The molecule has 0 aliphatic rings. The number of nitrogen functional groups attached to an aromatic ring is 2. The Bertz CT molecular complexity index is 2720. The highest BCUT2D eigenvalue weighted by Gasteiger charge is 2.33. The summed E-state index contributed by atoms with van der Waals surface area (Å²) in [5.41, 5.74) is 22.6. The van der Waals surface area contributed by atoms with Crippen LogP contribution < -0.4 is 11.5 Å². The van der Waals surface area contributed by atoms with Crippen LogP contribution in [0.1, 0.15) is 49.9 Å². The Labute approximate surface area is 326 Å². The molecule has 0 heterocycles. The fourth-order valence-corrected chi connectivity index (χ4v) is 9.42. The number of phenols is 2. The van der Waals surface area contributed by atoms with Crippen LogP contribution in [0.15, 0.2) is 80.7 Å². The number of fused-ring (bicyclic) bond motifs is 2. The largest absolute Gasteiger partial charge is 0.505 e. The Morgan fingerprint density at radius 2 is 0.875 bits per heavy atom. The van der Waals surface area contributed by atoms with Crippen LogP contribution in [0.25, 0.3) is 54.9 Å². The van der Waals surface area contributed by atoms with Crippen LogP contribution in [0.4, 0.5) is 22.7 Å². The maximum Gasteiger partial charge on any atom is 0.297 e. The van der Waals surface area contributed by atoms with Crippen molar-refractivity contribution >= 4 is 64.5 Å². The molecule has 14 nitrogen and oxygen atoms in total. The first-order valence-corrected chi connectivity index (χ1v) is 20.5. The van der Waals surface area contributed by atoms with E-state index in [1.807, 2.05) is 52.0 Å². The first-order valence-electron chi connectivity index (χ1n) is 18.5. The molecule has 0 atom stereocenters. The van der Waals surface area contributed by atoms with Crippen molar-refractivity contribution in [3.05, 3.63) is 82.9 Å². The van der Waals surface area contributed by atoms with Gasteiger partial charge in [-0.05, 0) is 117 Å². The molecule has 0 bridgehead atoms. The van der Waals surface area contributed by atoms with Gasteiger partial charge in [-0.3, -0.25) is 9.11 Å². The molecule has 56 heavy (non-hydrogen) atoms. The number of benzene rings is 6. The van der Waals surface area contributed by atoms with Crippen LogP contribution >= 0.6 is 0 Å². The number of nitrogens with one attached hydrogen (secondary N) is 2. The molecule has 10 N–H and O–H groups in total. The third-order valence-corrected chi connectivity index (χ3v) is 12.0. The summed E-state index contributed by atoms with van der Waals surface area (Å²) in [7, 11) is -10.2. The summed E-state index contributed by atoms with van der Waals surface area (Å²) in [5.74, 6) is -1.21. The minimum atomic E-state index is -5.11. The lowest BCUT2D eigenvalue weighted by molar-refractivity contribution is 0.471. The molecule has 0 fully saturated rings. The monoisotopic (exact) mass is 796 g/mol. The van der Waals surface area contributed by atoms with E-state index in [1.165, 1.54) is 36.4 Å². The van der Waals surface area contributed by atoms with E-state index in [-0.39, 0.29) is 44.0 Å². The van der Waals surface area contributed by atoms with Crippen LogP contribution in [0.2, 0.25) is 2.82 Å². The number of hydrogen-bond acceptors (Lipinski definition) is 12. The van der Waals surface area contributed by atoms with Gasteiger partial charge in [0.2, 0.25) is 2.82 Å². The third kappa shape index (κ3) is 6.49. The van der Waals surface area contributed by atoms with Gasteiger partial charge in [0.05, 0.1) is 0 Å². The zero-order valence-electron chi connectivity index (χ0n) is 32.8. The summed E-state index contributed by atoms with van der Waals surface area (Å²) in [4.78, 5) is -1.47. The van der Waals surface area contributed by atoms with Gasteiger partial charge >= 0.3 is 0 Å². The van der Waals surface area contributed by atoms with Crippen molar-refractivity contribution in [2.45, 2.75) is 63.2 Å². The van der Waals surface area contributed by atoms with Crippen LogP contribution in [0.3, 0.4) is 0 Å². The molecule has 0 aliphatic carbocycles. The van der Waals surface area contributed by atoms with Gasteiger partial charge in [0.15, 0.2) is 11.5 Å². The minimum absolute atomic E-state index is 0.0287. The van der Waals surface area contributed by atoms with E-state index >= 15 is 0 Å². The van der Waals surface area contributed by atoms with E-state index in [4.69, 9.17) is 14.3 Å². The fourth-order valence-electron chi connectivity index (χ4n) is 7.71. The SMILES string of the molecule is [H]/N=N/c1c(S(=O)(=O)O)c(-c2c(CC)cc(-c3cc(CC)c(-c4c(S(=O)(=O)O)c(/N=N/[H])c(O)c5ccc(N)cc45)c(CC)c3)cc2CC)c2cc(N)ccc2c1O. The number of anilines is 2. The van der Waals surface area contributed by atoms with Crippen LogP contribution in [-0.4, -0.2) is 36.2 Å². The standard InChI is InChI=1S/C40H40N6O8S2/c1-5-19-13-23(14-20(6-2)31(19)33-29-17-25(41)9-11-27(29)37(47)35(45-43)39(33)55(49,50)51)24-15-21(7-3)32(22(8-4)16-24)34-30-18-26(42)10-12-28(30)38(48)36(46-44)40(34)56(52,53)54/h9-18,43-44,47-48H,5-8,41-42H2,1-4H3,(H,49,50,51)(H,52,53,54)/b45-43+,46-44+. The summed E-state index contributed by atoms with van der Waals surface area (Å²) in [6.07, 6.45) is 1.47. The van der Waals surface area contributed by atoms with E-state index in [0.717, 1.165) is 0 Å². The van der Waals surface area contributed by atoms with Gasteiger partial charge in [0.25, 0.3) is 20.2 Å². The van der Waals surface area contributed by atoms with E-state index in [2.05, 4.69) is 21.3 Å². The van der Waals surface area contributed by atoms with E-state index < -0.39 is 52.9 Å². The zero-order chi connectivity index (χ0) is 42.4. The lowest BCUT2D eigenvalue weighted by Gasteiger charge is -2.23. The normalized spacial score (nSPS) is 13.0. The molecule has 0 spiro atoms. The Hall–Kier alpha value is -5.94. The molecule has 0 aromatic heterocycles. The van der Waals surface area contributed by atoms with Crippen molar-refractivity contribution < 1.29 is 39.0 Å². The molecule has 6 rings (SSSR count). The van der Waals surface area contributed by atoms with Gasteiger partial charge in [-0.1, -0.05) is 52.0 Å². The minimum Gasteiger partial charge on any atom is -0.505 e. The molecule has 16 heteroatoms. The number of hydrogen-bond donors (Lipinski definition) is 8. The quantitative estimate of drug-likeness (QED) is 0.0349. The molecule has 0 unspecified atom stereocenters. The number of aromatic hydroxyl groups is 2. The molecular weight excluding hydrogens is 757 g/mol. The molecule has 0 saturated carbocycles. The second-order valence-corrected chi connectivity index (χ2v) is 16.0. The molecule has 290 valence electrons. The highest BCUT2D eigenvalue weighted by atomic mass is 32.2. The summed E-state index contributed by atoms with van der Waals surface area (Å²) in [6, 6.07) is 16.5. The van der Waals surface area contributed by atoms with Crippen molar-refractivity contribution in [1.82, 2.24) is 0 Å². The zero-order valence-corrected chi connectivity index (χ0v) is 32.4. The van der Waals surface area contributed by atoms with Gasteiger partial charge in [0.1, 0.15) is 21.2 Å². The molecule has 6 aromatic rings. The Balaban J connectivity index is 1.73. The smallest absolute Gasteiger partial charge is 0.297 e. The molecule has 0 saturated heterocycles. The van der Waals surface area contributed by atoms with Crippen molar-refractivity contribution in [1.29, 1.82) is 11.0 Å². The van der Waals surface area contributed by atoms with Crippen molar-refractivity contribution in [2.24, 2.45) is 10.2 Å². The average molecular weight is 797 g/mol. The second-order valence-electron chi connectivity index (χ2n) is 13.3. The lowest BCUT2D eigenvalue weighted by Crippen LogP contribution is -2.07. The van der Waals surface area contributed by atoms with Crippen molar-refractivity contribution in [3.63, 3.8) is 0 Å². The van der Waals surface area contributed by atoms with Crippen LogP contribution in [0, 0.1) is 11.0 Å². The molecule has 6 aromatic carbocycles. The van der Waals surface area contributed by atoms with Gasteiger partial charge in [0, 0.05) is 33.3 Å². The predicted octanol–water partition coefficient (Wildman–Crippen LogP) is 9.64. The molecule has 0 aliphatic heterocycles. The summed E-state index contributed by atoms with van der Waals surface area (Å²) in [5, 5.41) is 30.4. The highest BCUT2D eigenvalue weighted by molar-refractivity contribution is 7.86. The first-order chi connectivity index (χ1) is 27.4. The number of nitrogens with zero attached hydrogens (tertiary/aromatic N) is 2. The number of phenolic OH excluding ortho intramolecular Hbond substituents is 2. The topological polar surface area (TPSA) is 274 Å². The molecule has 0 amide bonds. The van der Waals surface area contributed by atoms with Crippen molar-refractivity contribution in [2.75, 3.05) is 11.5 Å². The molecular formula is C40H40N6O8S2. The third-order valence-electron chi connectivity index (χ3n) is 10.1. The number of rotatable bonds is 11. The Morgan fingerprint density at radius 3 is 1.14 bits per heavy atom. The Kier molecular flexibility index (Phi) is 9.66. The van der Waals surface area contributed by atoms with E-state index in [1.54, 1.807) is 0 Å². The Morgan fingerprint density at radius 1 is 0.554 bits per heavy atom. The van der Waals surface area contributed by atoms with Crippen molar-refractivity contribution in [3.8, 4) is 44.9 Å². The second kappa shape index (κ2) is 14.6. The fraction of sp³-hybridized carbons (Fsp3) is 0.200. The maximum atomic E-state index is 13.2. The van der Waals surface area contributed by atoms with E-state index in [0.29, 0.717) is 70.2 Å². The lowest BCUT2D eigenvalue weighted by atomic mass is 9.83. The predicted molar refractivity (Wildman–Crippen MR) is 217 cm³/mol. The first kappa shape index (κ1) is 37.0. The van der Waals surface area contributed by atoms with Gasteiger partial charge in [-0.2, -0.15) is 27.1 Å². The molecule has 0 radical (unpaired) electrons. The van der Waals surface area contributed by atoms with E-state index in [9.17, 15) is 36.2 Å². The van der Waals surface area contributed by atoms with Gasteiger partial charge in [-0.15, -0.1) is 0 Å². The summed E-state index contributed by atoms with van der Waals surface area (Å²) in [6.45, 7) is 7.50. The number of nitrogens with two attached hydrogens (primary N) is 2. The number of aryl methyl sites for hydroxylation is 4. The summed E-state index contributed by atoms with van der Waals surface area (Å²) < 4.78 is 88.9. The highest BCUT2D eigenvalue weighted by Crippen LogP contribution is 2.52. The van der Waals surface area contributed by atoms with Gasteiger partial charge < -0.3 is 21.7 Å². The van der Waals surface area contributed by atoms with Crippen LogP contribution in [0.5, 0.6) is 11.5 Å². The van der Waals surface area contributed by atoms with Crippen LogP contribution in [-0.2, 0) is 45.9 Å². The maximum absolute atomic E-state index is 13.2. The summed E-state index contributed by atoms with van der Waals surface area (Å²) >= 11 is 0.